The van der Waals surface area contributed by atoms with Gasteiger partial charge in [0.2, 0.25) is 0 Å². The number of ether oxygens (including phenoxy) is 1. The Hall–Kier alpha value is -1.49. The number of pyridine rings is 1. The third-order valence-electron chi connectivity index (χ3n) is 2.41. The van der Waals surface area contributed by atoms with Crippen LogP contribution in [0.15, 0.2) is 24.5 Å². The summed E-state index contributed by atoms with van der Waals surface area (Å²) in [5.74, 6) is 0.648. The molecule has 0 radical (unpaired) electrons. The molecule has 0 aliphatic carbocycles. The SMILES string of the molecule is CCCCOc1nsnc1-c1ccc[n+](C)c1. The predicted octanol–water partition coefficient (Wildman–Crippen LogP) is 2.21. The molecular formula is C12H16N3OS+. The Labute approximate surface area is 105 Å². The van der Waals surface area contributed by atoms with E-state index in [1.807, 2.05) is 36.1 Å². The first-order valence-corrected chi connectivity index (χ1v) is 6.45. The third kappa shape index (κ3) is 3.00. The zero-order valence-corrected chi connectivity index (χ0v) is 10.9. The van der Waals surface area contributed by atoms with E-state index in [-0.39, 0.29) is 0 Å². The molecule has 0 aliphatic rings. The van der Waals surface area contributed by atoms with E-state index in [1.165, 1.54) is 11.7 Å². The average Bonchev–Trinajstić information content (AvgIpc) is 2.78. The smallest absolute Gasteiger partial charge is 0.254 e. The van der Waals surface area contributed by atoms with Crippen molar-refractivity contribution in [1.29, 1.82) is 0 Å². The summed E-state index contributed by atoms with van der Waals surface area (Å²) in [4.78, 5) is 0. The highest BCUT2D eigenvalue weighted by atomic mass is 32.1. The molecule has 0 N–H and O–H groups in total. The number of hydrogen-bond donors (Lipinski definition) is 0. The maximum absolute atomic E-state index is 5.64. The van der Waals surface area contributed by atoms with Crippen molar-refractivity contribution >= 4 is 11.7 Å². The molecule has 0 atom stereocenters. The highest BCUT2D eigenvalue weighted by molar-refractivity contribution is 6.99. The van der Waals surface area contributed by atoms with Crippen molar-refractivity contribution < 1.29 is 9.30 Å². The Kier molecular flexibility index (Phi) is 4.03. The molecule has 17 heavy (non-hydrogen) atoms. The van der Waals surface area contributed by atoms with Crippen LogP contribution in [0.1, 0.15) is 19.8 Å². The first-order valence-electron chi connectivity index (χ1n) is 5.72. The van der Waals surface area contributed by atoms with Crippen LogP contribution in [0.25, 0.3) is 11.3 Å². The summed E-state index contributed by atoms with van der Waals surface area (Å²) in [7, 11) is 1.99. The number of rotatable bonds is 5. The van der Waals surface area contributed by atoms with Crippen molar-refractivity contribution in [3.05, 3.63) is 24.5 Å². The van der Waals surface area contributed by atoms with Crippen molar-refractivity contribution in [2.75, 3.05) is 6.61 Å². The van der Waals surface area contributed by atoms with Crippen LogP contribution in [0.5, 0.6) is 5.88 Å². The molecule has 0 bridgehead atoms. The largest absolute Gasteiger partial charge is 0.475 e. The van der Waals surface area contributed by atoms with Crippen molar-refractivity contribution in [1.82, 2.24) is 8.75 Å². The second-order valence-corrected chi connectivity index (χ2v) is 4.41. The first-order chi connectivity index (χ1) is 8.31. The fraction of sp³-hybridized carbons (Fsp3) is 0.417. The van der Waals surface area contributed by atoms with Crippen molar-refractivity contribution in [3.63, 3.8) is 0 Å². The predicted molar refractivity (Wildman–Crippen MR) is 66.9 cm³/mol. The summed E-state index contributed by atoms with van der Waals surface area (Å²) in [6, 6.07) is 4.01. The molecule has 0 amide bonds. The minimum Gasteiger partial charge on any atom is -0.475 e. The van der Waals surface area contributed by atoms with Gasteiger partial charge in [0.25, 0.3) is 5.88 Å². The lowest BCUT2D eigenvalue weighted by Crippen LogP contribution is -2.26. The maximum Gasteiger partial charge on any atom is 0.254 e. The van der Waals surface area contributed by atoms with Gasteiger partial charge in [0.1, 0.15) is 7.05 Å². The number of aromatic nitrogens is 3. The molecule has 2 aromatic rings. The summed E-state index contributed by atoms with van der Waals surface area (Å²) in [6.07, 6.45) is 6.16. The normalized spacial score (nSPS) is 10.5. The van der Waals surface area contributed by atoms with E-state index in [2.05, 4.69) is 15.7 Å². The molecule has 0 saturated carbocycles. The minimum absolute atomic E-state index is 0.648. The lowest BCUT2D eigenvalue weighted by molar-refractivity contribution is -0.671. The van der Waals surface area contributed by atoms with Crippen LogP contribution < -0.4 is 9.30 Å². The second kappa shape index (κ2) is 5.72. The quantitative estimate of drug-likeness (QED) is 0.603. The lowest BCUT2D eigenvalue weighted by atomic mass is 10.2. The van der Waals surface area contributed by atoms with E-state index in [4.69, 9.17) is 4.74 Å². The van der Waals surface area contributed by atoms with Crippen LogP contribution in [0, 0.1) is 0 Å². The summed E-state index contributed by atoms with van der Waals surface area (Å²) >= 11 is 1.19. The molecule has 5 heteroatoms. The Morgan fingerprint density at radius 2 is 2.29 bits per heavy atom. The molecule has 0 aliphatic heterocycles. The van der Waals surface area contributed by atoms with Crippen LogP contribution in [-0.4, -0.2) is 15.4 Å². The molecule has 90 valence electrons. The highest BCUT2D eigenvalue weighted by Gasteiger charge is 2.13. The fourth-order valence-corrected chi connectivity index (χ4v) is 2.01. The van der Waals surface area contributed by atoms with Gasteiger partial charge in [0, 0.05) is 6.07 Å². The summed E-state index contributed by atoms with van der Waals surface area (Å²) in [6.45, 7) is 2.84. The molecule has 2 heterocycles. The maximum atomic E-state index is 5.64. The molecule has 0 unspecified atom stereocenters. The summed E-state index contributed by atoms with van der Waals surface area (Å²) in [5, 5.41) is 0. The highest BCUT2D eigenvalue weighted by Crippen LogP contribution is 2.26. The number of aryl methyl sites for hydroxylation is 1. The van der Waals surface area contributed by atoms with Crippen molar-refractivity contribution in [2.45, 2.75) is 19.8 Å². The second-order valence-electron chi connectivity index (χ2n) is 3.88. The molecule has 0 spiro atoms. The van der Waals surface area contributed by atoms with Gasteiger partial charge in [-0.1, -0.05) is 13.3 Å². The van der Waals surface area contributed by atoms with Crippen LogP contribution in [-0.2, 0) is 7.05 Å². The van der Waals surface area contributed by atoms with Crippen molar-refractivity contribution in [2.24, 2.45) is 7.05 Å². The molecule has 2 aromatic heterocycles. The van der Waals surface area contributed by atoms with Crippen LogP contribution in [0.2, 0.25) is 0 Å². The Morgan fingerprint density at radius 3 is 3.06 bits per heavy atom. The van der Waals surface area contributed by atoms with Gasteiger partial charge in [-0.2, -0.15) is 4.37 Å². The lowest BCUT2D eigenvalue weighted by Gasteiger charge is -2.02. The minimum atomic E-state index is 0.648. The summed E-state index contributed by atoms with van der Waals surface area (Å²) in [5.41, 5.74) is 1.87. The van der Waals surface area contributed by atoms with Crippen LogP contribution in [0.3, 0.4) is 0 Å². The Balaban J connectivity index is 2.18. The van der Waals surface area contributed by atoms with E-state index in [0.717, 1.165) is 24.1 Å². The topological polar surface area (TPSA) is 38.9 Å². The third-order valence-corrected chi connectivity index (χ3v) is 2.92. The Morgan fingerprint density at radius 1 is 1.41 bits per heavy atom. The molecule has 0 saturated heterocycles. The first kappa shape index (κ1) is 12.0. The van der Waals surface area contributed by atoms with Gasteiger partial charge in [-0.05, 0) is 12.5 Å². The van der Waals surface area contributed by atoms with E-state index in [9.17, 15) is 0 Å². The number of nitrogens with zero attached hydrogens (tertiary/aromatic N) is 3. The van der Waals surface area contributed by atoms with E-state index in [0.29, 0.717) is 12.5 Å². The van der Waals surface area contributed by atoms with Gasteiger partial charge in [-0.25, -0.2) is 4.57 Å². The fourth-order valence-electron chi connectivity index (χ4n) is 1.49. The Bertz CT molecular complexity index is 484. The molecule has 0 aromatic carbocycles. The zero-order chi connectivity index (χ0) is 12.1. The van der Waals surface area contributed by atoms with Gasteiger partial charge < -0.3 is 4.74 Å². The van der Waals surface area contributed by atoms with Gasteiger partial charge in [-0.15, -0.1) is 4.37 Å². The van der Waals surface area contributed by atoms with Gasteiger partial charge in [0.15, 0.2) is 18.1 Å². The van der Waals surface area contributed by atoms with Gasteiger partial charge >= 0.3 is 0 Å². The van der Waals surface area contributed by atoms with Gasteiger partial charge in [0.05, 0.1) is 23.9 Å². The molecule has 4 nitrogen and oxygen atoms in total. The van der Waals surface area contributed by atoms with Crippen LogP contribution in [0.4, 0.5) is 0 Å². The molecule has 2 rings (SSSR count). The standard InChI is InChI=1S/C12H16N3OS/c1-3-4-8-16-12-11(13-17-14-12)10-6-5-7-15(2)9-10/h5-7,9H,3-4,8H2,1-2H3/q+1. The van der Waals surface area contributed by atoms with Crippen LogP contribution >= 0.6 is 11.7 Å². The molecule has 0 fully saturated rings. The van der Waals surface area contributed by atoms with Gasteiger partial charge in [-0.3, -0.25) is 0 Å². The van der Waals surface area contributed by atoms with E-state index in [1.54, 1.807) is 0 Å². The zero-order valence-electron chi connectivity index (χ0n) is 10.1. The summed E-state index contributed by atoms with van der Waals surface area (Å²) < 4.78 is 16.1. The molecular weight excluding hydrogens is 234 g/mol. The number of unbranched alkanes of at least 4 members (excludes halogenated alkanes) is 1. The van der Waals surface area contributed by atoms with E-state index < -0.39 is 0 Å². The van der Waals surface area contributed by atoms with Crippen molar-refractivity contribution in [3.8, 4) is 17.1 Å². The monoisotopic (exact) mass is 250 g/mol. The average molecular weight is 250 g/mol. The number of hydrogen-bond acceptors (Lipinski definition) is 4. The van der Waals surface area contributed by atoms with E-state index >= 15 is 0 Å².